The van der Waals surface area contributed by atoms with Crippen molar-refractivity contribution in [1.29, 1.82) is 0 Å². The maximum absolute atomic E-state index is 12.4. The van der Waals surface area contributed by atoms with E-state index in [0.29, 0.717) is 31.2 Å². The zero-order valence-corrected chi connectivity index (χ0v) is 19.4. The van der Waals surface area contributed by atoms with Gasteiger partial charge in [-0.25, -0.2) is 4.79 Å². The first kappa shape index (κ1) is 22.4. The minimum Gasteiger partial charge on any atom is -0.493 e. The highest BCUT2D eigenvalue weighted by Gasteiger charge is 2.23. The van der Waals surface area contributed by atoms with Crippen molar-refractivity contribution >= 4 is 22.0 Å². The van der Waals surface area contributed by atoms with Gasteiger partial charge in [-0.3, -0.25) is 4.90 Å². The van der Waals surface area contributed by atoms with E-state index in [4.69, 9.17) is 14.2 Å². The third-order valence-corrected chi connectivity index (χ3v) is 6.01. The molecule has 1 amide bonds. The van der Waals surface area contributed by atoms with Gasteiger partial charge in [-0.05, 0) is 30.2 Å². The lowest BCUT2D eigenvalue weighted by Gasteiger charge is -2.34. The number of carbonyl (C=O) groups excluding carboxylic acids is 1. The summed E-state index contributed by atoms with van der Waals surface area (Å²) in [6, 6.07) is 12.2. The summed E-state index contributed by atoms with van der Waals surface area (Å²) in [6.45, 7) is 6.16. The number of aryl methyl sites for hydroxylation is 1. The standard InChI is InChI=1S/C23H29BrN2O4/c1-17-5-4-6-18(13-17)7-12-30-23(27)26-10-8-25(9-11-26)16-19-14-21(28-2)22(29-3)15-20(19)24/h4-6,13-15H,7-12,16H2,1-3H3. The highest BCUT2D eigenvalue weighted by molar-refractivity contribution is 9.10. The molecular formula is C23H29BrN2O4. The van der Waals surface area contributed by atoms with Crippen molar-refractivity contribution in [3.8, 4) is 11.5 Å². The van der Waals surface area contributed by atoms with E-state index in [1.165, 1.54) is 11.1 Å². The van der Waals surface area contributed by atoms with Crippen LogP contribution in [-0.2, 0) is 17.7 Å². The van der Waals surface area contributed by atoms with Crippen molar-refractivity contribution in [2.24, 2.45) is 0 Å². The van der Waals surface area contributed by atoms with E-state index in [-0.39, 0.29) is 6.09 Å². The predicted molar refractivity (Wildman–Crippen MR) is 120 cm³/mol. The lowest BCUT2D eigenvalue weighted by molar-refractivity contribution is 0.0752. The molecule has 0 unspecified atom stereocenters. The second kappa shape index (κ2) is 10.7. The van der Waals surface area contributed by atoms with Gasteiger partial charge in [0.2, 0.25) is 0 Å². The van der Waals surface area contributed by atoms with Crippen molar-refractivity contribution in [2.45, 2.75) is 19.9 Å². The quantitative estimate of drug-likeness (QED) is 0.596. The Morgan fingerprint density at radius 2 is 1.73 bits per heavy atom. The van der Waals surface area contributed by atoms with Crippen LogP contribution in [0.3, 0.4) is 0 Å². The van der Waals surface area contributed by atoms with Crippen LogP contribution in [-0.4, -0.2) is 62.9 Å². The number of piperazine rings is 1. The summed E-state index contributed by atoms with van der Waals surface area (Å²) in [7, 11) is 3.27. The van der Waals surface area contributed by atoms with E-state index in [9.17, 15) is 4.79 Å². The number of benzene rings is 2. The maximum Gasteiger partial charge on any atom is 0.409 e. The van der Waals surface area contributed by atoms with Crippen LogP contribution < -0.4 is 9.47 Å². The number of hydrogen-bond acceptors (Lipinski definition) is 5. The third kappa shape index (κ3) is 5.89. The van der Waals surface area contributed by atoms with Crippen LogP contribution in [0.1, 0.15) is 16.7 Å². The molecule has 0 saturated carbocycles. The SMILES string of the molecule is COc1cc(Br)c(CN2CCN(C(=O)OCCc3cccc(C)c3)CC2)cc1OC. The largest absolute Gasteiger partial charge is 0.493 e. The van der Waals surface area contributed by atoms with Gasteiger partial charge < -0.3 is 19.1 Å². The van der Waals surface area contributed by atoms with Gasteiger partial charge in [-0.2, -0.15) is 0 Å². The van der Waals surface area contributed by atoms with Gasteiger partial charge in [0.15, 0.2) is 11.5 Å². The van der Waals surface area contributed by atoms with Crippen molar-refractivity contribution in [3.05, 3.63) is 57.6 Å². The van der Waals surface area contributed by atoms with Crippen molar-refractivity contribution in [2.75, 3.05) is 47.0 Å². The molecule has 0 aromatic heterocycles. The number of nitrogens with zero attached hydrogens (tertiary/aromatic N) is 2. The first-order chi connectivity index (χ1) is 14.5. The Labute approximate surface area is 186 Å². The summed E-state index contributed by atoms with van der Waals surface area (Å²) in [4.78, 5) is 16.5. The molecule has 1 aliphatic heterocycles. The molecule has 0 aliphatic carbocycles. The Balaban J connectivity index is 1.46. The zero-order valence-electron chi connectivity index (χ0n) is 17.8. The number of methoxy groups -OCH3 is 2. The molecule has 1 saturated heterocycles. The molecule has 1 aliphatic rings. The molecule has 6 nitrogen and oxygen atoms in total. The average molecular weight is 477 g/mol. The van der Waals surface area contributed by atoms with Gasteiger partial charge in [0.05, 0.1) is 20.8 Å². The van der Waals surface area contributed by atoms with Gasteiger partial charge in [0, 0.05) is 43.6 Å². The van der Waals surface area contributed by atoms with Gasteiger partial charge in [0.1, 0.15) is 0 Å². The second-order valence-electron chi connectivity index (χ2n) is 7.42. The molecule has 1 heterocycles. The highest BCUT2D eigenvalue weighted by Crippen LogP contribution is 2.34. The summed E-state index contributed by atoms with van der Waals surface area (Å²) in [5.74, 6) is 1.41. The molecule has 30 heavy (non-hydrogen) atoms. The molecular weight excluding hydrogens is 448 g/mol. The molecule has 0 bridgehead atoms. The number of rotatable bonds is 7. The van der Waals surface area contributed by atoms with E-state index < -0.39 is 0 Å². The van der Waals surface area contributed by atoms with Crippen molar-refractivity contribution in [3.63, 3.8) is 0 Å². The first-order valence-electron chi connectivity index (χ1n) is 10.1. The zero-order chi connectivity index (χ0) is 21.5. The van der Waals surface area contributed by atoms with E-state index in [0.717, 1.165) is 36.1 Å². The molecule has 2 aromatic carbocycles. The number of carbonyl (C=O) groups is 1. The Bertz CT molecular complexity index is 866. The third-order valence-electron chi connectivity index (χ3n) is 5.28. The molecule has 0 spiro atoms. The minimum absolute atomic E-state index is 0.227. The van der Waals surface area contributed by atoms with Crippen LogP contribution in [0.25, 0.3) is 0 Å². The van der Waals surface area contributed by atoms with Crippen LogP contribution in [0.2, 0.25) is 0 Å². The van der Waals surface area contributed by atoms with E-state index in [2.05, 4.69) is 46.0 Å². The van der Waals surface area contributed by atoms with E-state index in [1.54, 1.807) is 19.1 Å². The van der Waals surface area contributed by atoms with Crippen LogP contribution in [0.4, 0.5) is 4.79 Å². The van der Waals surface area contributed by atoms with Gasteiger partial charge in [-0.15, -0.1) is 0 Å². The Morgan fingerprint density at radius 1 is 1.03 bits per heavy atom. The topological polar surface area (TPSA) is 51.2 Å². The fourth-order valence-corrected chi connectivity index (χ4v) is 4.01. The number of hydrogen-bond donors (Lipinski definition) is 0. The number of ether oxygens (including phenoxy) is 3. The Hall–Kier alpha value is -2.25. The summed E-state index contributed by atoms with van der Waals surface area (Å²) in [5.41, 5.74) is 3.53. The number of halogens is 1. The summed E-state index contributed by atoms with van der Waals surface area (Å²) >= 11 is 3.62. The van der Waals surface area contributed by atoms with Crippen LogP contribution in [0.5, 0.6) is 11.5 Å². The fourth-order valence-electron chi connectivity index (χ4n) is 3.56. The lowest BCUT2D eigenvalue weighted by Crippen LogP contribution is -2.48. The normalized spacial score (nSPS) is 14.5. The Morgan fingerprint density at radius 3 is 2.40 bits per heavy atom. The molecule has 0 atom stereocenters. The first-order valence-corrected chi connectivity index (χ1v) is 10.9. The predicted octanol–water partition coefficient (Wildman–Crippen LogP) is 4.27. The second-order valence-corrected chi connectivity index (χ2v) is 8.27. The van der Waals surface area contributed by atoms with Crippen molar-refractivity contribution < 1.29 is 19.0 Å². The lowest BCUT2D eigenvalue weighted by atomic mass is 10.1. The van der Waals surface area contributed by atoms with Gasteiger partial charge in [-0.1, -0.05) is 45.8 Å². The minimum atomic E-state index is -0.227. The van der Waals surface area contributed by atoms with Gasteiger partial charge in [0.25, 0.3) is 0 Å². The maximum atomic E-state index is 12.4. The summed E-state index contributed by atoms with van der Waals surface area (Å²) < 4.78 is 17.2. The Kier molecular flexibility index (Phi) is 7.99. The van der Waals surface area contributed by atoms with Crippen molar-refractivity contribution in [1.82, 2.24) is 9.80 Å². The van der Waals surface area contributed by atoms with Crippen LogP contribution in [0, 0.1) is 6.92 Å². The molecule has 0 radical (unpaired) electrons. The number of amides is 1. The average Bonchev–Trinajstić information content (AvgIpc) is 2.75. The van der Waals surface area contributed by atoms with Crippen LogP contribution >= 0.6 is 15.9 Å². The van der Waals surface area contributed by atoms with Crippen LogP contribution in [0.15, 0.2) is 40.9 Å². The molecule has 3 rings (SSSR count). The fraction of sp³-hybridized carbons (Fsp3) is 0.435. The monoisotopic (exact) mass is 476 g/mol. The molecule has 7 heteroatoms. The molecule has 0 N–H and O–H groups in total. The summed E-state index contributed by atoms with van der Waals surface area (Å²) in [6.07, 6.45) is 0.510. The van der Waals surface area contributed by atoms with E-state index in [1.807, 2.05) is 18.2 Å². The molecule has 162 valence electrons. The molecule has 1 fully saturated rings. The summed E-state index contributed by atoms with van der Waals surface area (Å²) in [5, 5.41) is 0. The van der Waals surface area contributed by atoms with Gasteiger partial charge >= 0.3 is 6.09 Å². The smallest absolute Gasteiger partial charge is 0.409 e. The van der Waals surface area contributed by atoms with E-state index >= 15 is 0 Å². The molecule has 2 aromatic rings. The highest BCUT2D eigenvalue weighted by atomic mass is 79.9.